The zero-order chi connectivity index (χ0) is 25.8. The van der Waals surface area contributed by atoms with Gasteiger partial charge in [0.05, 0.1) is 23.5 Å². The molecule has 0 N–H and O–H groups in total. The molecule has 0 unspecified atom stereocenters. The predicted octanol–water partition coefficient (Wildman–Crippen LogP) is 3.47. The molecule has 3 atom stereocenters. The number of benzene rings is 1. The Balaban J connectivity index is 1.42. The van der Waals surface area contributed by atoms with E-state index in [0.717, 1.165) is 41.3 Å². The smallest absolute Gasteiger partial charge is 0.252 e. The normalized spacial score (nSPS) is 22.4. The molecule has 2 aromatic heterocycles. The van der Waals surface area contributed by atoms with Crippen molar-refractivity contribution in [1.82, 2.24) is 19.2 Å². The number of nitrogens with zero attached hydrogens (tertiary/aromatic N) is 6. The Bertz CT molecular complexity index is 1400. The highest BCUT2D eigenvalue weighted by atomic mass is 16.6. The summed E-state index contributed by atoms with van der Waals surface area (Å²) in [6.07, 6.45) is 1.78. The molecular weight excluding hydrogens is 456 g/mol. The molecule has 1 aromatic carbocycles. The molecule has 9 heteroatoms. The molecule has 0 aliphatic carbocycles. The minimum atomic E-state index is -0.347. The number of hydrogen-bond acceptors (Lipinski definition) is 7. The molecule has 5 rings (SSSR count). The van der Waals surface area contributed by atoms with Crippen molar-refractivity contribution >= 4 is 16.7 Å². The Labute approximate surface area is 211 Å². The van der Waals surface area contributed by atoms with Crippen LogP contribution in [0.1, 0.15) is 46.2 Å². The number of rotatable bonds is 4. The molecule has 4 heterocycles. The van der Waals surface area contributed by atoms with Crippen molar-refractivity contribution in [3.05, 3.63) is 46.4 Å². The molecule has 2 aliphatic rings. The molecule has 36 heavy (non-hydrogen) atoms. The Morgan fingerprint density at radius 1 is 1.19 bits per heavy atom. The summed E-state index contributed by atoms with van der Waals surface area (Å²) in [5, 5.41) is 13.8. The summed E-state index contributed by atoms with van der Waals surface area (Å²) >= 11 is 0. The Kier molecular flexibility index (Phi) is 5.95. The zero-order valence-corrected chi connectivity index (χ0v) is 21.9. The fourth-order valence-corrected chi connectivity index (χ4v) is 5.39. The molecule has 1 fully saturated rings. The fraction of sp³-hybridized carbons (Fsp3) is 0.519. The second-order valence-electron chi connectivity index (χ2n) is 10.7. The van der Waals surface area contributed by atoms with Crippen molar-refractivity contribution in [3.8, 4) is 17.6 Å². The highest BCUT2D eigenvalue weighted by Gasteiger charge is 2.35. The van der Waals surface area contributed by atoms with E-state index in [0.29, 0.717) is 6.61 Å². The quantitative estimate of drug-likeness (QED) is 0.553. The standard InChI is InChI=1S/C27H34N6O3/c1-17-14-33(21-12-25(34)30(6)22-15-31(10-9-28)29-26(21)22)18(2)13-32(17)19(3)20-7-8-23-24(11-20)36-27(4,5)16-35-23/h7-8,11-12,15,17-19H,10,13-14,16H2,1-6H3/t17-,18+,19-/m1/s1. The van der Waals surface area contributed by atoms with Crippen molar-refractivity contribution in [3.63, 3.8) is 0 Å². The highest BCUT2D eigenvalue weighted by molar-refractivity contribution is 5.88. The van der Waals surface area contributed by atoms with Gasteiger partial charge in [0, 0.05) is 44.3 Å². The Morgan fingerprint density at radius 2 is 1.97 bits per heavy atom. The molecule has 190 valence electrons. The summed E-state index contributed by atoms with van der Waals surface area (Å²) in [7, 11) is 1.74. The zero-order valence-electron chi connectivity index (χ0n) is 21.9. The van der Waals surface area contributed by atoms with Crippen LogP contribution in [-0.4, -0.2) is 56.6 Å². The summed E-state index contributed by atoms with van der Waals surface area (Å²) in [6.45, 7) is 13.0. The van der Waals surface area contributed by atoms with E-state index in [1.165, 1.54) is 5.56 Å². The molecule has 0 amide bonds. The first-order chi connectivity index (χ1) is 17.1. The highest BCUT2D eigenvalue weighted by Crippen LogP contribution is 2.39. The first-order valence-electron chi connectivity index (χ1n) is 12.5. The van der Waals surface area contributed by atoms with Crippen LogP contribution >= 0.6 is 0 Å². The molecule has 9 nitrogen and oxygen atoms in total. The van der Waals surface area contributed by atoms with Crippen LogP contribution in [0.15, 0.2) is 35.3 Å². The summed E-state index contributed by atoms with van der Waals surface area (Å²) in [5.74, 6) is 1.59. The average molecular weight is 491 g/mol. The van der Waals surface area contributed by atoms with Crippen molar-refractivity contribution < 1.29 is 9.47 Å². The lowest BCUT2D eigenvalue weighted by atomic mass is 9.99. The van der Waals surface area contributed by atoms with E-state index in [1.807, 2.05) is 19.9 Å². The van der Waals surface area contributed by atoms with E-state index in [9.17, 15) is 4.79 Å². The van der Waals surface area contributed by atoms with Gasteiger partial charge in [-0.15, -0.1) is 0 Å². The minimum Gasteiger partial charge on any atom is -0.486 e. The van der Waals surface area contributed by atoms with Gasteiger partial charge in [-0.2, -0.15) is 10.4 Å². The maximum atomic E-state index is 12.8. The summed E-state index contributed by atoms with van der Waals surface area (Å²) in [6, 6.07) is 10.6. The largest absolute Gasteiger partial charge is 0.486 e. The van der Waals surface area contributed by atoms with Crippen molar-refractivity contribution in [2.24, 2.45) is 7.05 Å². The second kappa shape index (κ2) is 8.86. The number of fused-ring (bicyclic) bond motifs is 2. The van der Waals surface area contributed by atoms with Crippen LogP contribution in [0.5, 0.6) is 11.5 Å². The number of piperazine rings is 1. The SMILES string of the molecule is C[C@@H]1CN(c2cc(=O)n(C)c3cn(CC#N)nc23)[C@@H](C)CN1[C@H](C)c1ccc2c(c1)OC(C)(C)CO2. The third-order valence-electron chi connectivity index (χ3n) is 7.42. The van der Waals surface area contributed by atoms with Crippen LogP contribution in [0.25, 0.3) is 11.0 Å². The number of hydrogen-bond donors (Lipinski definition) is 0. The summed E-state index contributed by atoms with van der Waals surface area (Å²) < 4.78 is 15.3. The summed E-state index contributed by atoms with van der Waals surface area (Å²) in [5.41, 5.74) is 3.08. The molecule has 0 spiro atoms. The topological polar surface area (TPSA) is 88.5 Å². The van der Waals surface area contributed by atoms with Gasteiger partial charge < -0.3 is 18.9 Å². The van der Waals surface area contributed by atoms with E-state index in [-0.39, 0.29) is 35.8 Å². The number of aryl methyl sites for hydroxylation is 1. The number of aromatic nitrogens is 3. The molecule has 0 saturated carbocycles. The maximum Gasteiger partial charge on any atom is 0.252 e. The van der Waals surface area contributed by atoms with Gasteiger partial charge in [-0.25, -0.2) is 0 Å². The number of ether oxygens (including phenoxy) is 2. The molecular formula is C27H34N6O3. The van der Waals surface area contributed by atoms with Gasteiger partial charge in [0.15, 0.2) is 11.5 Å². The van der Waals surface area contributed by atoms with Crippen molar-refractivity contribution in [2.75, 3.05) is 24.6 Å². The van der Waals surface area contributed by atoms with Crippen LogP contribution in [0.3, 0.4) is 0 Å². The molecule has 0 bridgehead atoms. The van der Waals surface area contributed by atoms with Gasteiger partial charge in [-0.1, -0.05) is 6.07 Å². The van der Waals surface area contributed by atoms with E-state index in [1.54, 1.807) is 28.6 Å². The first kappa shape index (κ1) is 24.2. The van der Waals surface area contributed by atoms with Crippen molar-refractivity contribution in [1.29, 1.82) is 5.26 Å². The maximum absolute atomic E-state index is 12.8. The lowest BCUT2D eigenvalue weighted by Gasteiger charge is -2.47. The van der Waals surface area contributed by atoms with Crippen LogP contribution < -0.4 is 19.9 Å². The van der Waals surface area contributed by atoms with Gasteiger partial charge in [-0.3, -0.25) is 14.4 Å². The van der Waals surface area contributed by atoms with Crippen LogP contribution in [0, 0.1) is 11.3 Å². The predicted molar refractivity (Wildman–Crippen MR) is 139 cm³/mol. The summed E-state index contributed by atoms with van der Waals surface area (Å²) in [4.78, 5) is 17.6. The Morgan fingerprint density at radius 3 is 2.72 bits per heavy atom. The first-order valence-corrected chi connectivity index (χ1v) is 12.5. The van der Waals surface area contributed by atoms with Gasteiger partial charge in [-0.05, 0) is 52.3 Å². The molecule has 3 aromatic rings. The van der Waals surface area contributed by atoms with Crippen LogP contribution in [0.4, 0.5) is 5.69 Å². The van der Waals surface area contributed by atoms with E-state index >= 15 is 0 Å². The van der Waals surface area contributed by atoms with Crippen LogP contribution in [-0.2, 0) is 13.6 Å². The van der Waals surface area contributed by atoms with Crippen LogP contribution in [0.2, 0.25) is 0 Å². The van der Waals surface area contributed by atoms with E-state index < -0.39 is 0 Å². The molecule has 2 aliphatic heterocycles. The minimum absolute atomic E-state index is 0.0798. The van der Waals surface area contributed by atoms with Gasteiger partial charge in [0.2, 0.25) is 0 Å². The third kappa shape index (κ3) is 4.20. The second-order valence-corrected chi connectivity index (χ2v) is 10.7. The Hall–Kier alpha value is -3.51. The monoisotopic (exact) mass is 490 g/mol. The fourth-order valence-electron chi connectivity index (χ4n) is 5.39. The van der Waals surface area contributed by atoms with Gasteiger partial charge in [0.1, 0.15) is 24.3 Å². The average Bonchev–Trinajstić information content (AvgIpc) is 3.25. The number of nitriles is 1. The lowest BCUT2D eigenvalue weighted by Crippen LogP contribution is -2.57. The number of anilines is 1. The van der Waals surface area contributed by atoms with Gasteiger partial charge in [0.25, 0.3) is 5.56 Å². The van der Waals surface area contributed by atoms with E-state index in [4.69, 9.17) is 14.7 Å². The third-order valence-corrected chi connectivity index (χ3v) is 7.42. The lowest BCUT2D eigenvalue weighted by molar-refractivity contribution is 0.0209. The van der Waals surface area contributed by atoms with E-state index in [2.05, 4.69) is 53.9 Å². The number of pyridine rings is 1. The molecule has 1 saturated heterocycles. The van der Waals surface area contributed by atoms with Gasteiger partial charge >= 0.3 is 0 Å². The van der Waals surface area contributed by atoms with Crippen molar-refractivity contribution in [2.45, 2.75) is 64.9 Å². The molecule has 0 radical (unpaired) electrons.